The maximum Gasteiger partial charge on any atom is 0.303 e. The van der Waals surface area contributed by atoms with Crippen LogP contribution >= 0.6 is 0 Å². The molecule has 0 saturated carbocycles. The lowest BCUT2D eigenvalue weighted by atomic mass is 9.97. The van der Waals surface area contributed by atoms with E-state index in [1.54, 1.807) is 17.3 Å². The molecule has 0 spiro atoms. The molecular formula is C19H21N3O3. The largest absolute Gasteiger partial charge is 0.481 e. The minimum Gasteiger partial charge on any atom is -0.481 e. The van der Waals surface area contributed by atoms with Gasteiger partial charge in [0.2, 0.25) is 0 Å². The molecule has 1 N–H and O–H groups in total. The molecule has 1 fully saturated rings. The van der Waals surface area contributed by atoms with Crippen molar-refractivity contribution < 1.29 is 14.7 Å². The van der Waals surface area contributed by atoms with Crippen molar-refractivity contribution in [2.24, 2.45) is 0 Å². The Morgan fingerprint density at radius 3 is 2.52 bits per heavy atom. The smallest absolute Gasteiger partial charge is 0.303 e. The van der Waals surface area contributed by atoms with Gasteiger partial charge in [0.05, 0.1) is 5.56 Å². The Bertz CT molecular complexity index is 731. The molecule has 1 aliphatic rings. The number of carboxylic acid groups (broad SMARTS) is 1. The first-order chi connectivity index (χ1) is 12.1. The summed E-state index contributed by atoms with van der Waals surface area (Å²) in [6, 6.07) is 9.57. The number of aliphatic carboxylic acids is 1. The molecule has 2 aromatic rings. The minimum atomic E-state index is -0.825. The summed E-state index contributed by atoms with van der Waals surface area (Å²) in [5.41, 5.74) is 1.35. The average Bonchev–Trinajstić information content (AvgIpc) is 2.67. The first kappa shape index (κ1) is 17.1. The maximum absolute atomic E-state index is 12.8. The van der Waals surface area contributed by atoms with Gasteiger partial charge in [-0.1, -0.05) is 30.3 Å². The van der Waals surface area contributed by atoms with E-state index in [1.165, 1.54) is 0 Å². The van der Waals surface area contributed by atoms with Crippen LogP contribution in [0.25, 0.3) is 11.4 Å². The van der Waals surface area contributed by atoms with Gasteiger partial charge in [-0.3, -0.25) is 9.59 Å². The Morgan fingerprint density at radius 2 is 1.84 bits per heavy atom. The van der Waals surface area contributed by atoms with Crippen LogP contribution < -0.4 is 0 Å². The van der Waals surface area contributed by atoms with Crippen LogP contribution in [0.5, 0.6) is 0 Å². The second-order valence-electron chi connectivity index (χ2n) is 6.24. The third kappa shape index (κ3) is 4.21. The predicted octanol–water partition coefficient (Wildman–Crippen LogP) is 3.00. The van der Waals surface area contributed by atoms with Crippen molar-refractivity contribution in [2.45, 2.75) is 38.1 Å². The van der Waals surface area contributed by atoms with Gasteiger partial charge in [-0.15, -0.1) is 0 Å². The first-order valence-corrected chi connectivity index (χ1v) is 8.55. The van der Waals surface area contributed by atoms with Gasteiger partial charge in [0.15, 0.2) is 5.82 Å². The van der Waals surface area contributed by atoms with Gasteiger partial charge in [0.25, 0.3) is 5.91 Å². The molecule has 25 heavy (non-hydrogen) atoms. The molecule has 3 rings (SSSR count). The number of carbonyl (C=O) groups is 2. The maximum atomic E-state index is 12.8. The fourth-order valence-electron chi connectivity index (χ4n) is 3.20. The van der Waals surface area contributed by atoms with Crippen molar-refractivity contribution in [1.82, 2.24) is 14.9 Å². The molecule has 1 aromatic heterocycles. The average molecular weight is 339 g/mol. The van der Waals surface area contributed by atoms with Gasteiger partial charge in [-0.25, -0.2) is 9.97 Å². The highest BCUT2D eigenvalue weighted by atomic mass is 16.4. The van der Waals surface area contributed by atoms with Crippen molar-refractivity contribution in [2.75, 3.05) is 6.54 Å². The molecule has 0 radical (unpaired) electrons. The van der Waals surface area contributed by atoms with E-state index in [9.17, 15) is 9.59 Å². The summed E-state index contributed by atoms with van der Waals surface area (Å²) in [5, 5.41) is 8.90. The van der Waals surface area contributed by atoms with Gasteiger partial charge in [-0.05, 0) is 25.7 Å². The Morgan fingerprint density at radius 1 is 1.12 bits per heavy atom. The molecule has 0 unspecified atom stereocenters. The van der Waals surface area contributed by atoms with E-state index >= 15 is 0 Å². The SMILES string of the molecule is O=C(O)CC[C@@H]1CCCCN1C(=O)c1cnc(-c2ccccc2)nc1. The summed E-state index contributed by atoms with van der Waals surface area (Å²) in [6.07, 6.45) is 6.50. The molecule has 6 heteroatoms. The topological polar surface area (TPSA) is 83.4 Å². The second-order valence-corrected chi connectivity index (χ2v) is 6.24. The number of amides is 1. The lowest BCUT2D eigenvalue weighted by molar-refractivity contribution is -0.137. The lowest BCUT2D eigenvalue weighted by Gasteiger charge is -2.35. The molecule has 1 aromatic carbocycles. The summed E-state index contributed by atoms with van der Waals surface area (Å²) in [5.74, 6) is -0.360. The fourth-order valence-corrected chi connectivity index (χ4v) is 3.20. The standard InChI is InChI=1S/C19H21N3O3/c23-17(24)10-9-16-8-4-5-11-22(16)19(25)15-12-20-18(21-13-15)14-6-2-1-3-7-14/h1-3,6-7,12-13,16H,4-5,8-11H2,(H,23,24)/t16-/m0/s1. The van der Waals surface area contributed by atoms with Crippen LogP contribution in [-0.2, 0) is 4.79 Å². The number of aromatic nitrogens is 2. The lowest BCUT2D eigenvalue weighted by Crippen LogP contribution is -2.44. The summed E-state index contributed by atoms with van der Waals surface area (Å²) in [7, 11) is 0. The number of rotatable bonds is 5. The highest BCUT2D eigenvalue weighted by Crippen LogP contribution is 2.23. The summed E-state index contributed by atoms with van der Waals surface area (Å²) in [4.78, 5) is 34.0. The van der Waals surface area contributed by atoms with Crippen LogP contribution in [0.4, 0.5) is 0 Å². The predicted molar refractivity (Wildman–Crippen MR) is 93.0 cm³/mol. The third-order valence-electron chi connectivity index (χ3n) is 4.51. The second kappa shape index (κ2) is 7.88. The molecule has 0 bridgehead atoms. The summed E-state index contributed by atoms with van der Waals surface area (Å²) >= 11 is 0. The zero-order valence-corrected chi connectivity index (χ0v) is 14.0. The monoisotopic (exact) mass is 339 g/mol. The molecule has 130 valence electrons. The molecule has 1 amide bonds. The summed E-state index contributed by atoms with van der Waals surface area (Å²) < 4.78 is 0. The van der Waals surface area contributed by atoms with Crippen molar-refractivity contribution in [3.63, 3.8) is 0 Å². The number of nitrogens with zero attached hydrogens (tertiary/aromatic N) is 3. The molecule has 1 atom stereocenters. The number of benzene rings is 1. The minimum absolute atomic E-state index is 0.0221. The Balaban J connectivity index is 1.73. The van der Waals surface area contributed by atoms with Crippen LogP contribution in [0.3, 0.4) is 0 Å². The molecule has 0 aliphatic carbocycles. The highest BCUT2D eigenvalue weighted by Gasteiger charge is 2.28. The summed E-state index contributed by atoms with van der Waals surface area (Å²) in [6.45, 7) is 0.656. The number of carboxylic acids is 1. The van der Waals surface area contributed by atoms with Gasteiger partial charge >= 0.3 is 5.97 Å². The van der Waals surface area contributed by atoms with Crippen molar-refractivity contribution >= 4 is 11.9 Å². The molecule has 2 heterocycles. The highest BCUT2D eigenvalue weighted by molar-refractivity contribution is 5.94. The Hall–Kier alpha value is -2.76. The molecule has 6 nitrogen and oxygen atoms in total. The van der Waals surface area contributed by atoms with Crippen LogP contribution in [-0.4, -0.2) is 44.4 Å². The molecular weight excluding hydrogens is 318 g/mol. The number of hydrogen-bond acceptors (Lipinski definition) is 4. The van der Waals surface area contributed by atoms with Crippen molar-refractivity contribution in [1.29, 1.82) is 0 Å². The van der Waals surface area contributed by atoms with Gasteiger partial charge in [0.1, 0.15) is 0 Å². The van der Waals surface area contributed by atoms with E-state index in [-0.39, 0.29) is 18.4 Å². The number of likely N-dealkylation sites (tertiary alicyclic amines) is 1. The van der Waals surface area contributed by atoms with Gasteiger partial charge in [-0.2, -0.15) is 0 Å². The fraction of sp³-hybridized carbons (Fsp3) is 0.368. The zero-order chi connectivity index (χ0) is 17.6. The van der Waals surface area contributed by atoms with E-state index in [0.717, 1.165) is 24.8 Å². The molecule has 1 saturated heterocycles. The quantitative estimate of drug-likeness (QED) is 0.905. The Kier molecular flexibility index (Phi) is 5.38. The first-order valence-electron chi connectivity index (χ1n) is 8.55. The van der Waals surface area contributed by atoms with Crippen LogP contribution in [0.1, 0.15) is 42.5 Å². The van der Waals surface area contributed by atoms with E-state index in [2.05, 4.69) is 9.97 Å². The van der Waals surface area contributed by atoms with Crippen molar-refractivity contribution in [3.8, 4) is 11.4 Å². The zero-order valence-electron chi connectivity index (χ0n) is 14.0. The molecule has 1 aliphatic heterocycles. The normalized spacial score (nSPS) is 17.3. The number of carbonyl (C=O) groups excluding carboxylic acids is 1. The number of piperidine rings is 1. The van der Waals surface area contributed by atoms with Gasteiger partial charge in [0, 0.05) is 37.0 Å². The Labute approximate surface area is 146 Å². The van der Waals surface area contributed by atoms with Crippen molar-refractivity contribution in [3.05, 3.63) is 48.3 Å². The third-order valence-corrected chi connectivity index (χ3v) is 4.51. The van der Waals surface area contributed by atoms with E-state index in [1.807, 2.05) is 30.3 Å². The van der Waals surface area contributed by atoms with Crippen LogP contribution in [0.15, 0.2) is 42.7 Å². The van der Waals surface area contributed by atoms with E-state index in [0.29, 0.717) is 24.4 Å². The van der Waals surface area contributed by atoms with E-state index in [4.69, 9.17) is 5.11 Å². The van der Waals surface area contributed by atoms with Crippen LogP contribution in [0.2, 0.25) is 0 Å². The van der Waals surface area contributed by atoms with Gasteiger partial charge < -0.3 is 10.0 Å². The van der Waals surface area contributed by atoms with Crippen LogP contribution in [0, 0.1) is 0 Å². The number of hydrogen-bond donors (Lipinski definition) is 1. The van der Waals surface area contributed by atoms with E-state index < -0.39 is 5.97 Å².